The second-order valence-electron chi connectivity index (χ2n) is 5.28. The smallest absolute Gasteiger partial charge is 0.207 e. The van der Waals surface area contributed by atoms with Crippen molar-refractivity contribution in [3.05, 3.63) is 63.6 Å². The molecule has 1 N–H and O–H groups in total. The van der Waals surface area contributed by atoms with Gasteiger partial charge >= 0.3 is 0 Å². The van der Waals surface area contributed by atoms with Gasteiger partial charge in [0, 0.05) is 21.6 Å². The Labute approximate surface area is 129 Å². The highest BCUT2D eigenvalue weighted by molar-refractivity contribution is 7.12. The van der Waals surface area contributed by atoms with Gasteiger partial charge in [-0.1, -0.05) is 18.2 Å². The van der Waals surface area contributed by atoms with E-state index in [1.807, 2.05) is 48.6 Å². The van der Waals surface area contributed by atoms with E-state index in [9.17, 15) is 0 Å². The number of hydrogen-bond donors (Lipinski definition) is 1. The van der Waals surface area contributed by atoms with Gasteiger partial charge in [0.05, 0.1) is 12.2 Å². The van der Waals surface area contributed by atoms with Gasteiger partial charge < -0.3 is 9.88 Å². The first kappa shape index (κ1) is 13.9. The van der Waals surface area contributed by atoms with Gasteiger partial charge in [0.2, 0.25) is 5.95 Å². The van der Waals surface area contributed by atoms with Crippen molar-refractivity contribution in [2.75, 3.05) is 5.32 Å². The first-order chi connectivity index (χ1) is 10.1. The number of aryl methyl sites for hydroxylation is 3. The maximum absolute atomic E-state index is 4.59. The standard InChI is InChI=1S/C17H19N3S/c1-12-9-16(21-14(12)3)11-20-10-13(2)18-17(20)19-15-7-5-4-6-8-15/h4-10H,11H2,1-3H3,(H,18,19). The quantitative estimate of drug-likeness (QED) is 0.759. The lowest BCUT2D eigenvalue weighted by molar-refractivity contribution is 0.819. The Bertz CT molecular complexity index is 721. The third kappa shape index (κ3) is 3.16. The first-order valence-corrected chi connectivity index (χ1v) is 7.85. The number of anilines is 2. The molecule has 108 valence electrons. The molecule has 3 aromatic rings. The van der Waals surface area contributed by atoms with Crippen LogP contribution in [0.2, 0.25) is 0 Å². The predicted octanol–water partition coefficient (Wildman–Crippen LogP) is 4.66. The van der Waals surface area contributed by atoms with Crippen molar-refractivity contribution in [2.24, 2.45) is 0 Å². The summed E-state index contributed by atoms with van der Waals surface area (Å²) in [6.45, 7) is 7.22. The van der Waals surface area contributed by atoms with Crippen molar-refractivity contribution in [1.82, 2.24) is 9.55 Å². The average molecular weight is 297 g/mol. The Morgan fingerprint density at radius 3 is 2.57 bits per heavy atom. The van der Waals surface area contributed by atoms with Crippen LogP contribution in [0, 0.1) is 20.8 Å². The molecule has 0 spiro atoms. The molecule has 3 rings (SSSR count). The number of hydrogen-bond acceptors (Lipinski definition) is 3. The summed E-state index contributed by atoms with van der Waals surface area (Å²) < 4.78 is 2.17. The monoisotopic (exact) mass is 297 g/mol. The Balaban J connectivity index is 1.85. The molecule has 3 nitrogen and oxygen atoms in total. The van der Waals surface area contributed by atoms with Crippen LogP contribution in [0.15, 0.2) is 42.6 Å². The van der Waals surface area contributed by atoms with E-state index in [0.29, 0.717) is 0 Å². The summed E-state index contributed by atoms with van der Waals surface area (Å²) in [4.78, 5) is 7.34. The summed E-state index contributed by atoms with van der Waals surface area (Å²) in [6.07, 6.45) is 2.09. The second kappa shape index (κ2) is 5.74. The van der Waals surface area contributed by atoms with Gasteiger partial charge in [0.25, 0.3) is 0 Å². The second-order valence-corrected chi connectivity index (χ2v) is 6.62. The van der Waals surface area contributed by atoms with Crippen molar-refractivity contribution in [3.63, 3.8) is 0 Å². The molecule has 0 bridgehead atoms. The summed E-state index contributed by atoms with van der Waals surface area (Å²) in [6, 6.07) is 12.4. The largest absolute Gasteiger partial charge is 0.326 e. The number of imidazole rings is 1. The molecule has 0 radical (unpaired) electrons. The fourth-order valence-corrected chi connectivity index (χ4v) is 3.37. The third-order valence-electron chi connectivity index (χ3n) is 3.47. The zero-order valence-electron chi connectivity index (χ0n) is 12.6. The van der Waals surface area contributed by atoms with E-state index in [2.05, 4.69) is 41.0 Å². The molecule has 0 saturated carbocycles. The fraction of sp³-hybridized carbons (Fsp3) is 0.235. The number of rotatable bonds is 4. The van der Waals surface area contributed by atoms with E-state index in [4.69, 9.17) is 0 Å². The molecule has 2 aromatic heterocycles. The van der Waals surface area contributed by atoms with Crippen LogP contribution in [0.25, 0.3) is 0 Å². The number of para-hydroxylation sites is 1. The molecule has 21 heavy (non-hydrogen) atoms. The number of nitrogens with zero attached hydrogens (tertiary/aromatic N) is 2. The molecule has 4 heteroatoms. The Morgan fingerprint density at radius 2 is 1.90 bits per heavy atom. The Hall–Kier alpha value is -2.07. The van der Waals surface area contributed by atoms with Crippen LogP contribution in [0.4, 0.5) is 11.6 Å². The summed E-state index contributed by atoms with van der Waals surface area (Å²) in [5, 5.41) is 3.39. The van der Waals surface area contributed by atoms with Crippen LogP contribution in [-0.2, 0) is 6.54 Å². The van der Waals surface area contributed by atoms with E-state index < -0.39 is 0 Å². The zero-order valence-corrected chi connectivity index (χ0v) is 13.4. The lowest BCUT2D eigenvalue weighted by atomic mass is 10.3. The molecule has 1 aromatic carbocycles. The summed E-state index contributed by atoms with van der Waals surface area (Å²) in [5.41, 5.74) is 3.45. The van der Waals surface area contributed by atoms with Gasteiger partial charge in [-0.05, 0) is 44.5 Å². The zero-order chi connectivity index (χ0) is 14.8. The van der Waals surface area contributed by atoms with Crippen molar-refractivity contribution in [2.45, 2.75) is 27.3 Å². The Kier molecular flexibility index (Phi) is 3.80. The SMILES string of the molecule is Cc1cn(Cc2cc(C)c(C)s2)c(Nc2ccccc2)n1. The van der Waals surface area contributed by atoms with Crippen molar-refractivity contribution in [1.29, 1.82) is 0 Å². The van der Waals surface area contributed by atoms with Crippen molar-refractivity contribution in [3.8, 4) is 0 Å². The Morgan fingerprint density at radius 1 is 1.14 bits per heavy atom. The molecular weight excluding hydrogens is 278 g/mol. The maximum Gasteiger partial charge on any atom is 0.207 e. The molecule has 0 unspecified atom stereocenters. The van der Waals surface area contributed by atoms with Gasteiger partial charge in [-0.2, -0.15) is 0 Å². The highest BCUT2D eigenvalue weighted by Crippen LogP contribution is 2.24. The average Bonchev–Trinajstić information content (AvgIpc) is 2.94. The third-order valence-corrected chi connectivity index (χ3v) is 4.61. The van der Waals surface area contributed by atoms with Crippen molar-refractivity contribution >= 4 is 23.0 Å². The highest BCUT2D eigenvalue weighted by Gasteiger charge is 2.09. The van der Waals surface area contributed by atoms with Crippen LogP contribution < -0.4 is 5.32 Å². The van der Waals surface area contributed by atoms with Gasteiger partial charge in [0.15, 0.2) is 0 Å². The lowest BCUT2D eigenvalue weighted by Crippen LogP contribution is -2.03. The molecule has 0 atom stereocenters. The van der Waals surface area contributed by atoms with Gasteiger partial charge in [0.1, 0.15) is 0 Å². The minimum absolute atomic E-state index is 0.857. The van der Waals surface area contributed by atoms with Gasteiger partial charge in [-0.25, -0.2) is 4.98 Å². The molecule has 2 heterocycles. The minimum Gasteiger partial charge on any atom is -0.326 e. The predicted molar refractivity (Wildman–Crippen MR) is 89.6 cm³/mol. The number of thiophene rings is 1. The molecule has 0 fully saturated rings. The summed E-state index contributed by atoms with van der Waals surface area (Å²) in [5.74, 6) is 0.891. The van der Waals surface area contributed by atoms with Crippen molar-refractivity contribution < 1.29 is 0 Å². The van der Waals surface area contributed by atoms with Crippen LogP contribution in [0.3, 0.4) is 0 Å². The molecule has 0 saturated heterocycles. The van der Waals surface area contributed by atoms with E-state index in [0.717, 1.165) is 23.9 Å². The normalized spacial score (nSPS) is 10.8. The summed E-state index contributed by atoms with van der Waals surface area (Å²) >= 11 is 1.86. The molecule has 0 aliphatic heterocycles. The van der Waals surface area contributed by atoms with E-state index >= 15 is 0 Å². The van der Waals surface area contributed by atoms with Crippen LogP contribution in [0.1, 0.15) is 21.0 Å². The van der Waals surface area contributed by atoms with Crippen LogP contribution in [-0.4, -0.2) is 9.55 Å². The van der Waals surface area contributed by atoms with Crippen LogP contribution in [0.5, 0.6) is 0 Å². The molecule has 0 amide bonds. The highest BCUT2D eigenvalue weighted by atomic mass is 32.1. The van der Waals surface area contributed by atoms with E-state index in [-0.39, 0.29) is 0 Å². The van der Waals surface area contributed by atoms with Gasteiger partial charge in [-0.3, -0.25) is 0 Å². The number of nitrogens with one attached hydrogen (secondary N) is 1. The number of benzene rings is 1. The summed E-state index contributed by atoms with van der Waals surface area (Å²) in [7, 11) is 0. The fourth-order valence-electron chi connectivity index (χ4n) is 2.31. The van der Waals surface area contributed by atoms with Crippen LogP contribution >= 0.6 is 11.3 Å². The van der Waals surface area contributed by atoms with E-state index in [1.54, 1.807) is 0 Å². The maximum atomic E-state index is 4.59. The molecule has 0 aliphatic rings. The number of aromatic nitrogens is 2. The molecule has 0 aliphatic carbocycles. The minimum atomic E-state index is 0.857. The molecular formula is C17H19N3S. The lowest BCUT2D eigenvalue weighted by Gasteiger charge is -2.08. The first-order valence-electron chi connectivity index (χ1n) is 7.03. The topological polar surface area (TPSA) is 29.9 Å². The van der Waals surface area contributed by atoms with E-state index in [1.165, 1.54) is 15.3 Å². The van der Waals surface area contributed by atoms with Gasteiger partial charge in [-0.15, -0.1) is 11.3 Å².